The van der Waals surface area contributed by atoms with E-state index in [-0.39, 0.29) is 25.0 Å². The van der Waals surface area contributed by atoms with Crippen LogP contribution in [0, 0.1) is 0 Å². The first kappa shape index (κ1) is 15.1. The molecule has 0 aromatic carbocycles. The maximum absolute atomic E-state index is 12.5. The van der Waals surface area contributed by atoms with E-state index in [2.05, 4.69) is 0 Å². The van der Waals surface area contributed by atoms with E-state index in [1.54, 1.807) is 11.9 Å². The van der Waals surface area contributed by atoms with Crippen LogP contribution < -0.4 is 0 Å². The second-order valence-corrected chi connectivity index (χ2v) is 5.93. The zero-order valence-corrected chi connectivity index (χ0v) is 12.0. The molecule has 0 aromatic heterocycles. The maximum atomic E-state index is 12.5. The van der Waals surface area contributed by atoms with Crippen LogP contribution in [0.1, 0.15) is 44.9 Å². The number of rotatable bonds is 2. The van der Waals surface area contributed by atoms with E-state index in [4.69, 9.17) is 5.11 Å². The van der Waals surface area contributed by atoms with Gasteiger partial charge in [0, 0.05) is 26.1 Å². The standard InChI is InChI=1S/C14H24N2O4/c1-15(10-6-4-2-3-5-7-10)14(20)16-9-11(17)8-12(16)13(18)19/h10-12,17H,2-9H2,1H3,(H,18,19)/t11-,12+/m1/s1. The summed E-state index contributed by atoms with van der Waals surface area (Å²) in [6.07, 6.45) is 6.01. The van der Waals surface area contributed by atoms with Crippen molar-refractivity contribution in [2.45, 2.75) is 63.1 Å². The average molecular weight is 284 g/mol. The highest BCUT2D eigenvalue weighted by Crippen LogP contribution is 2.25. The van der Waals surface area contributed by atoms with Crippen molar-refractivity contribution < 1.29 is 19.8 Å². The predicted octanol–water partition coefficient (Wildman–Crippen LogP) is 1.28. The lowest BCUT2D eigenvalue weighted by Crippen LogP contribution is -2.50. The van der Waals surface area contributed by atoms with E-state index in [1.165, 1.54) is 17.7 Å². The Kier molecular flexibility index (Phi) is 4.86. The van der Waals surface area contributed by atoms with Gasteiger partial charge in [-0.25, -0.2) is 9.59 Å². The molecule has 2 amide bonds. The molecule has 6 nitrogen and oxygen atoms in total. The van der Waals surface area contributed by atoms with Crippen molar-refractivity contribution in [1.82, 2.24) is 9.80 Å². The zero-order valence-electron chi connectivity index (χ0n) is 12.0. The van der Waals surface area contributed by atoms with Gasteiger partial charge in [-0.15, -0.1) is 0 Å². The normalized spacial score (nSPS) is 28.2. The lowest BCUT2D eigenvalue weighted by Gasteiger charge is -2.32. The van der Waals surface area contributed by atoms with Gasteiger partial charge in [-0.05, 0) is 12.8 Å². The Labute approximate surface area is 119 Å². The van der Waals surface area contributed by atoms with E-state index in [9.17, 15) is 14.7 Å². The van der Waals surface area contributed by atoms with Crippen LogP contribution in [0.15, 0.2) is 0 Å². The van der Waals surface area contributed by atoms with Crippen molar-refractivity contribution in [3.63, 3.8) is 0 Å². The number of amides is 2. The molecular formula is C14H24N2O4. The largest absolute Gasteiger partial charge is 0.480 e. The van der Waals surface area contributed by atoms with Gasteiger partial charge in [0.05, 0.1) is 6.10 Å². The molecule has 20 heavy (non-hydrogen) atoms. The Morgan fingerprint density at radius 3 is 2.30 bits per heavy atom. The molecule has 0 aromatic rings. The summed E-state index contributed by atoms with van der Waals surface area (Å²) >= 11 is 0. The second-order valence-electron chi connectivity index (χ2n) is 5.93. The van der Waals surface area contributed by atoms with Gasteiger partial charge in [-0.3, -0.25) is 0 Å². The van der Waals surface area contributed by atoms with Crippen LogP contribution in [0.5, 0.6) is 0 Å². The van der Waals surface area contributed by atoms with Gasteiger partial charge in [-0.1, -0.05) is 25.7 Å². The maximum Gasteiger partial charge on any atom is 0.326 e. The van der Waals surface area contributed by atoms with E-state index in [1.807, 2.05) is 0 Å². The van der Waals surface area contributed by atoms with E-state index < -0.39 is 18.1 Å². The van der Waals surface area contributed by atoms with E-state index in [0.717, 1.165) is 25.7 Å². The predicted molar refractivity (Wildman–Crippen MR) is 73.4 cm³/mol. The van der Waals surface area contributed by atoms with E-state index in [0.29, 0.717) is 0 Å². The molecule has 2 rings (SSSR count). The Balaban J connectivity index is 2.03. The summed E-state index contributed by atoms with van der Waals surface area (Å²) in [5.74, 6) is -1.04. The Bertz CT molecular complexity index is 366. The first-order chi connectivity index (χ1) is 9.50. The number of nitrogens with zero attached hydrogens (tertiary/aromatic N) is 2. The Morgan fingerprint density at radius 1 is 1.15 bits per heavy atom. The van der Waals surface area contributed by atoms with E-state index >= 15 is 0 Å². The molecule has 0 spiro atoms. The van der Waals surface area contributed by atoms with Gasteiger partial charge in [0.25, 0.3) is 0 Å². The molecule has 2 N–H and O–H groups in total. The molecule has 1 aliphatic heterocycles. The van der Waals surface area contributed by atoms with Gasteiger partial charge >= 0.3 is 12.0 Å². The third kappa shape index (κ3) is 3.23. The number of aliphatic hydroxyl groups is 1. The summed E-state index contributed by atoms with van der Waals surface area (Å²) in [5, 5.41) is 18.8. The van der Waals surface area contributed by atoms with Crippen LogP contribution in [0.25, 0.3) is 0 Å². The van der Waals surface area contributed by atoms with Crippen LogP contribution in [0.2, 0.25) is 0 Å². The lowest BCUT2D eigenvalue weighted by molar-refractivity contribution is -0.141. The van der Waals surface area contributed by atoms with Crippen LogP contribution >= 0.6 is 0 Å². The fourth-order valence-electron chi connectivity index (χ4n) is 3.26. The van der Waals surface area contributed by atoms with Crippen molar-refractivity contribution in [1.29, 1.82) is 0 Å². The molecule has 2 aliphatic rings. The number of urea groups is 1. The smallest absolute Gasteiger partial charge is 0.326 e. The molecule has 1 saturated heterocycles. The average Bonchev–Trinajstić information content (AvgIpc) is 2.64. The van der Waals surface area contributed by atoms with Gasteiger partial charge in [0.15, 0.2) is 0 Å². The number of aliphatic hydroxyl groups excluding tert-OH is 1. The highest BCUT2D eigenvalue weighted by atomic mass is 16.4. The summed E-state index contributed by atoms with van der Waals surface area (Å²) in [4.78, 5) is 26.7. The van der Waals surface area contributed by atoms with Crippen LogP contribution in [0.3, 0.4) is 0 Å². The van der Waals surface area contributed by atoms with Crippen LogP contribution in [0.4, 0.5) is 4.79 Å². The van der Waals surface area contributed by atoms with Gasteiger partial charge in [0.2, 0.25) is 0 Å². The fraction of sp³-hybridized carbons (Fsp3) is 0.857. The molecular weight excluding hydrogens is 260 g/mol. The van der Waals surface area contributed by atoms with Gasteiger partial charge in [-0.2, -0.15) is 0 Å². The van der Waals surface area contributed by atoms with Crippen molar-refractivity contribution in [3.8, 4) is 0 Å². The summed E-state index contributed by atoms with van der Waals surface area (Å²) in [6.45, 7) is 0.118. The van der Waals surface area contributed by atoms with Gasteiger partial charge in [0.1, 0.15) is 6.04 Å². The third-order valence-electron chi connectivity index (χ3n) is 4.48. The number of β-amino-alcohol motifs (C(OH)–C–C–N with tert-alkyl or cyclic N) is 1. The minimum absolute atomic E-state index is 0.118. The first-order valence-corrected chi connectivity index (χ1v) is 7.45. The van der Waals surface area contributed by atoms with Gasteiger partial charge < -0.3 is 20.0 Å². The minimum atomic E-state index is -1.04. The highest BCUT2D eigenvalue weighted by Gasteiger charge is 2.41. The van der Waals surface area contributed by atoms with Crippen molar-refractivity contribution in [3.05, 3.63) is 0 Å². The number of carbonyl (C=O) groups excluding carboxylic acids is 1. The molecule has 0 radical (unpaired) electrons. The quantitative estimate of drug-likeness (QED) is 0.748. The SMILES string of the molecule is CN(C(=O)N1C[C@H](O)C[C@H]1C(=O)O)C1CCCCCC1. The van der Waals surface area contributed by atoms with Crippen molar-refractivity contribution in [2.24, 2.45) is 0 Å². The topological polar surface area (TPSA) is 81.1 Å². The number of hydrogen-bond acceptors (Lipinski definition) is 3. The summed E-state index contributed by atoms with van der Waals surface area (Å²) in [5.41, 5.74) is 0. The fourth-order valence-corrected chi connectivity index (χ4v) is 3.26. The third-order valence-corrected chi connectivity index (χ3v) is 4.48. The zero-order chi connectivity index (χ0) is 14.7. The molecule has 0 unspecified atom stereocenters. The molecule has 1 heterocycles. The number of carboxylic acid groups (broad SMARTS) is 1. The van der Waals surface area contributed by atoms with Crippen LogP contribution in [-0.2, 0) is 4.79 Å². The summed E-state index contributed by atoms with van der Waals surface area (Å²) < 4.78 is 0. The molecule has 0 bridgehead atoms. The summed E-state index contributed by atoms with van der Waals surface area (Å²) in [6, 6.07) is -0.969. The highest BCUT2D eigenvalue weighted by molar-refractivity contribution is 5.83. The number of likely N-dealkylation sites (tertiary alicyclic amines) is 1. The second kappa shape index (κ2) is 6.43. The molecule has 2 atom stereocenters. The Morgan fingerprint density at radius 2 is 1.75 bits per heavy atom. The van der Waals surface area contributed by atoms with Crippen molar-refractivity contribution >= 4 is 12.0 Å². The molecule has 6 heteroatoms. The number of aliphatic carboxylic acids is 1. The minimum Gasteiger partial charge on any atom is -0.480 e. The molecule has 1 aliphatic carbocycles. The molecule has 114 valence electrons. The summed E-state index contributed by atoms with van der Waals surface area (Å²) in [7, 11) is 1.75. The van der Waals surface area contributed by atoms with Crippen LogP contribution in [-0.4, -0.2) is 63.8 Å². The number of carboxylic acids is 1. The monoisotopic (exact) mass is 284 g/mol. The lowest BCUT2D eigenvalue weighted by atomic mass is 10.1. The molecule has 1 saturated carbocycles. The Hall–Kier alpha value is -1.30. The number of carbonyl (C=O) groups is 2. The van der Waals surface area contributed by atoms with Crippen molar-refractivity contribution in [2.75, 3.05) is 13.6 Å². The molecule has 2 fully saturated rings. The number of hydrogen-bond donors (Lipinski definition) is 2. The first-order valence-electron chi connectivity index (χ1n) is 7.45.